The summed E-state index contributed by atoms with van der Waals surface area (Å²) in [6.45, 7) is 1.87. The first-order valence-corrected chi connectivity index (χ1v) is 7.66. The van der Waals surface area contributed by atoms with Crippen LogP contribution >= 0.6 is 11.8 Å². The number of amides is 1. The smallest absolute Gasteiger partial charge is 0.255 e. The van der Waals surface area contributed by atoms with Crippen LogP contribution in [-0.2, 0) is 10.3 Å². The van der Waals surface area contributed by atoms with Gasteiger partial charge in [0, 0.05) is 5.75 Å². The minimum absolute atomic E-state index is 0.389. The lowest BCUT2D eigenvalue weighted by atomic mass is 9.86. The fourth-order valence-corrected chi connectivity index (χ4v) is 3.12. The molecule has 0 aliphatic rings. The van der Waals surface area contributed by atoms with E-state index in [-0.39, 0.29) is 5.91 Å². The molecule has 0 spiro atoms. The summed E-state index contributed by atoms with van der Waals surface area (Å²) in [5.74, 6) is 0.277. The number of hydrogen-bond donors (Lipinski definition) is 2. The molecule has 0 fully saturated rings. The molecular weight excluding hydrogens is 286 g/mol. The van der Waals surface area contributed by atoms with Crippen molar-refractivity contribution in [3.05, 3.63) is 47.9 Å². The van der Waals surface area contributed by atoms with Crippen molar-refractivity contribution in [2.45, 2.75) is 24.1 Å². The zero-order valence-corrected chi connectivity index (χ0v) is 12.9. The van der Waals surface area contributed by atoms with Crippen molar-refractivity contribution in [1.29, 1.82) is 0 Å². The second-order valence-electron chi connectivity index (χ2n) is 4.74. The number of nitrogens with two attached hydrogens (primary N) is 1. The molecule has 1 aromatic heterocycles. The Labute approximate surface area is 128 Å². The van der Waals surface area contributed by atoms with E-state index in [2.05, 4.69) is 10.3 Å². The average molecular weight is 305 g/mol. The van der Waals surface area contributed by atoms with E-state index in [1.807, 2.05) is 37.3 Å². The second kappa shape index (κ2) is 6.78. The first kappa shape index (κ1) is 15.6. The molecule has 1 amide bonds. The normalized spacial score (nSPS) is 13.8. The van der Waals surface area contributed by atoms with E-state index in [1.165, 1.54) is 11.8 Å². The molecule has 1 aromatic carbocycles. The largest absolute Gasteiger partial charge is 0.440 e. The van der Waals surface area contributed by atoms with Gasteiger partial charge < -0.3 is 15.5 Å². The van der Waals surface area contributed by atoms with Gasteiger partial charge in [-0.25, -0.2) is 4.98 Å². The molecule has 0 saturated heterocycles. The van der Waals surface area contributed by atoms with E-state index in [0.29, 0.717) is 17.4 Å². The maximum absolute atomic E-state index is 12.0. The second-order valence-corrected chi connectivity index (χ2v) is 5.79. The Hall–Kier alpha value is -1.79. The van der Waals surface area contributed by atoms with Gasteiger partial charge in [0.25, 0.3) is 5.22 Å². The van der Waals surface area contributed by atoms with Crippen LogP contribution in [0.2, 0.25) is 0 Å². The number of thioether (sulfide) groups is 1. The molecule has 0 radical (unpaired) electrons. The summed E-state index contributed by atoms with van der Waals surface area (Å²) < 4.78 is 5.29. The van der Waals surface area contributed by atoms with Crippen LogP contribution in [-0.4, -0.2) is 23.7 Å². The average Bonchev–Trinajstić information content (AvgIpc) is 2.90. The van der Waals surface area contributed by atoms with E-state index < -0.39 is 5.54 Å². The fraction of sp³-hybridized carbons (Fsp3) is 0.333. The van der Waals surface area contributed by atoms with Gasteiger partial charge in [0.2, 0.25) is 5.91 Å². The summed E-state index contributed by atoms with van der Waals surface area (Å²) in [4.78, 5) is 16.2. The molecule has 0 saturated carbocycles. The third-order valence-electron chi connectivity index (χ3n) is 3.41. The van der Waals surface area contributed by atoms with Crippen molar-refractivity contribution < 1.29 is 9.21 Å². The van der Waals surface area contributed by atoms with Crippen LogP contribution in [0.25, 0.3) is 0 Å². The van der Waals surface area contributed by atoms with E-state index in [0.717, 1.165) is 11.3 Å². The predicted octanol–water partition coefficient (Wildman–Crippen LogP) is 2.07. The molecule has 21 heavy (non-hydrogen) atoms. The number of benzene rings is 1. The topological polar surface area (TPSA) is 81.2 Å². The number of hydrogen-bond acceptors (Lipinski definition) is 5. The number of nitrogens with one attached hydrogen (secondary N) is 1. The Bertz CT molecular complexity index is 600. The van der Waals surface area contributed by atoms with E-state index in [4.69, 9.17) is 10.2 Å². The summed E-state index contributed by atoms with van der Waals surface area (Å²) in [6, 6.07) is 9.52. The Morgan fingerprint density at radius 1 is 1.43 bits per heavy atom. The number of rotatable bonds is 7. The number of aromatic nitrogens is 1. The maximum atomic E-state index is 12.0. The SMILES string of the molecule is CNC(CCSc1nc(C)co1)(C(N)=O)c1ccccc1. The Morgan fingerprint density at radius 3 is 2.67 bits per heavy atom. The van der Waals surface area contributed by atoms with Gasteiger partial charge in [-0.3, -0.25) is 4.79 Å². The fourth-order valence-electron chi connectivity index (χ4n) is 2.22. The molecule has 0 aliphatic carbocycles. The quantitative estimate of drug-likeness (QED) is 0.765. The van der Waals surface area contributed by atoms with E-state index in [9.17, 15) is 4.79 Å². The number of carbonyl (C=O) groups is 1. The minimum Gasteiger partial charge on any atom is -0.440 e. The first-order valence-electron chi connectivity index (χ1n) is 6.68. The van der Waals surface area contributed by atoms with Crippen LogP contribution in [0, 0.1) is 6.92 Å². The summed E-state index contributed by atoms with van der Waals surface area (Å²) in [5, 5.41) is 3.69. The number of nitrogens with zero attached hydrogens (tertiary/aromatic N) is 1. The van der Waals surface area contributed by atoms with Crippen LogP contribution in [0.15, 0.2) is 46.2 Å². The highest BCUT2D eigenvalue weighted by molar-refractivity contribution is 7.99. The standard InChI is InChI=1S/C15H19N3O2S/c1-11-10-20-14(18-11)21-9-8-15(17-2,13(16)19)12-6-4-3-5-7-12/h3-7,10,17H,8-9H2,1-2H3,(H2,16,19). The van der Waals surface area contributed by atoms with Gasteiger partial charge in [0.15, 0.2) is 0 Å². The molecule has 1 unspecified atom stereocenters. The van der Waals surface area contributed by atoms with Gasteiger partial charge >= 0.3 is 0 Å². The third kappa shape index (κ3) is 3.46. The highest BCUT2D eigenvalue weighted by atomic mass is 32.2. The molecular formula is C15H19N3O2S. The van der Waals surface area contributed by atoms with E-state index >= 15 is 0 Å². The Balaban J connectivity index is 2.12. The highest BCUT2D eigenvalue weighted by Crippen LogP contribution is 2.28. The van der Waals surface area contributed by atoms with Crippen molar-refractivity contribution in [1.82, 2.24) is 10.3 Å². The van der Waals surface area contributed by atoms with Crippen molar-refractivity contribution in [3.63, 3.8) is 0 Å². The molecule has 1 atom stereocenters. The monoisotopic (exact) mass is 305 g/mol. The van der Waals surface area contributed by atoms with Crippen molar-refractivity contribution in [2.24, 2.45) is 5.73 Å². The first-order chi connectivity index (χ1) is 10.1. The maximum Gasteiger partial charge on any atom is 0.255 e. The summed E-state index contributed by atoms with van der Waals surface area (Å²) in [7, 11) is 1.75. The molecule has 5 nitrogen and oxygen atoms in total. The molecule has 3 N–H and O–H groups in total. The summed E-state index contributed by atoms with van der Waals surface area (Å²) in [6.07, 6.45) is 2.16. The molecule has 112 valence electrons. The molecule has 6 heteroatoms. The summed E-state index contributed by atoms with van der Waals surface area (Å²) in [5.41, 5.74) is 6.48. The van der Waals surface area contributed by atoms with Crippen LogP contribution in [0.5, 0.6) is 0 Å². The van der Waals surface area contributed by atoms with Crippen LogP contribution < -0.4 is 11.1 Å². The number of carbonyl (C=O) groups excluding carboxylic acids is 1. The van der Waals surface area contributed by atoms with Crippen LogP contribution in [0.3, 0.4) is 0 Å². The van der Waals surface area contributed by atoms with Crippen molar-refractivity contribution in [2.75, 3.05) is 12.8 Å². The van der Waals surface area contributed by atoms with Crippen molar-refractivity contribution in [3.8, 4) is 0 Å². The third-order valence-corrected chi connectivity index (χ3v) is 4.26. The lowest BCUT2D eigenvalue weighted by Gasteiger charge is -2.30. The van der Waals surface area contributed by atoms with Gasteiger partial charge in [-0.15, -0.1) is 0 Å². The summed E-state index contributed by atoms with van der Waals surface area (Å²) >= 11 is 1.47. The lowest BCUT2D eigenvalue weighted by molar-refractivity contribution is -0.124. The van der Waals surface area contributed by atoms with Crippen LogP contribution in [0.4, 0.5) is 0 Å². The zero-order valence-electron chi connectivity index (χ0n) is 12.1. The highest BCUT2D eigenvalue weighted by Gasteiger charge is 2.36. The lowest BCUT2D eigenvalue weighted by Crippen LogP contribution is -2.51. The number of primary amides is 1. The Morgan fingerprint density at radius 2 is 2.14 bits per heavy atom. The van der Waals surface area contributed by atoms with Crippen LogP contribution in [0.1, 0.15) is 17.7 Å². The van der Waals surface area contributed by atoms with Gasteiger partial charge in [-0.1, -0.05) is 42.1 Å². The van der Waals surface area contributed by atoms with Gasteiger partial charge in [-0.2, -0.15) is 0 Å². The minimum atomic E-state index is -0.879. The molecule has 2 rings (SSSR count). The van der Waals surface area contributed by atoms with Gasteiger partial charge in [0.05, 0.1) is 5.69 Å². The zero-order chi connectivity index (χ0) is 15.3. The number of aryl methyl sites for hydroxylation is 1. The molecule has 2 aromatic rings. The van der Waals surface area contributed by atoms with Crippen molar-refractivity contribution >= 4 is 17.7 Å². The number of likely N-dealkylation sites (N-methyl/N-ethyl adjacent to an activating group) is 1. The molecule has 1 heterocycles. The van der Waals surface area contributed by atoms with Gasteiger partial charge in [-0.05, 0) is 26.0 Å². The predicted molar refractivity (Wildman–Crippen MR) is 83.0 cm³/mol. The number of oxazole rings is 1. The van der Waals surface area contributed by atoms with E-state index in [1.54, 1.807) is 13.3 Å². The molecule has 0 aliphatic heterocycles. The Kier molecular flexibility index (Phi) is 5.03. The van der Waals surface area contributed by atoms with Gasteiger partial charge in [0.1, 0.15) is 11.8 Å². The molecule has 0 bridgehead atoms.